The fourth-order valence-electron chi connectivity index (χ4n) is 1.75. The molecule has 0 atom stereocenters. The van der Waals surface area contributed by atoms with Crippen LogP contribution in [-0.4, -0.2) is 39.7 Å². The van der Waals surface area contributed by atoms with Gasteiger partial charge in [-0.3, -0.25) is 14.2 Å². The van der Waals surface area contributed by atoms with Crippen LogP contribution in [0.2, 0.25) is 0 Å². The Balaban J connectivity index is 2.44. The van der Waals surface area contributed by atoms with E-state index in [0.717, 1.165) is 23.9 Å². The lowest BCUT2D eigenvalue weighted by atomic mass is 10.2. The van der Waals surface area contributed by atoms with Gasteiger partial charge in [-0.1, -0.05) is 30.0 Å². The van der Waals surface area contributed by atoms with Crippen molar-refractivity contribution in [1.82, 2.24) is 4.90 Å². The van der Waals surface area contributed by atoms with Crippen molar-refractivity contribution in [2.45, 2.75) is 11.8 Å². The van der Waals surface area contributed by atoms with Gasteiger partial charge in [0.1, 0.15) is 15.0 Å². The lowest BCUT2D eigenvalue weighted by Crippen LogP contribution is -2.27. The lowest BCUT2D eigenvalue weighted by Gasteiger charge is -2.09. The van der Waals surface area contributed by atoms with E-state index < -0.39 is 20.8 Å². The van der Waals surface area contributed by atoms with Crippen molar-refractivity contribution >= 4 is 50.4 Å². The first-order valence-corrected chi connectivity index (χ1v) is 8.46. The third kappa shape index (κ3) is 3.26. The molecule has 1 fully saturated rings. The number of carbonyl (C=O) groups is 1. The fraction of sp³-hybridized carbons (Fsp3) is 0.167. The lowest BCUT2D eigenvalue weighted by molar-refractivity contribution is -0.121. The predicted octanol–water partition coefficient (Wildman–Crippen LogP) is 1.86. The number of benzene rings is 1. The minimum atomic E-state index is -4.54. The second-order valence-electron chi connectivity index (χ2n) is 4.13. The standard InChI is InChI=1S/C12H11NO5S3/c1-2-13-11(15)9(20-12(13)19)5-7-3-4-8(14)10(6-7)21(16,17)18/h3-6,14H,2H2,1H3,(H,16,17,18)/b9-5-. The number of thiocarbonyl (C=S) groups is 1. The van der Waals surface area contributed by atoms with E-state index in [-0.39, 0.29) is 5.91 Å². The average molecular weight is 345 g/mol. The molecule has 0 unspecified atom stereocenters. The number of phenolic OH excluding ortho intramolecular Hbond substituents is 1. The van der Waals surface area contributed by atoms with Crippen LogP contribution in [0.5, 0.6) is 5.75 Å². The van der Waals surface area contributed by atoms with E-state index in [1.54, 1.807) is 6.92 Å². The number of likely N-dealkylation sites (N-methyl/N-ethyl adjacent to an activating group) is 1. The molecule has 1 aromatic rings. The van der Waals surface area contributed by atoms with Crippen LogP contribution in [-0.2, 0) is 14.9 Å². The van der Waals surface area contributed by atoms with Gasteiger partial charge in [0.15, 0.2) is 0 Å². The summed E-state index contributed by atoms with van der Waals surface area (Å²) in [6.45, 7) is 2.25. The second-order valence-corrected chi connectivity index (χ2v) is 7.19. The molecule has 0 bridgehead atoms. The Morgan fingerprint density at radius 3 is 2.62 bits per heavy atom. The zero-order valence-corrected chi connectivity index (χ0v) is 13.3. The van der Waals surface area contributed by atoms with E-state index in [2.05, 4.69) is 0 Å². The van der Waals surface area contributed by atoms with Crippen molar-refractivity contribution in [1.29, 1.82) is 0 Å². The minimum absolute atomic E-state index is 0.256. The third-order valence-electron chi connectivity index (χ3n) is 2.75. The maximum atomic E-state index is 12.0. The van der Waals surface area contributed by atoms with Gasteiger partial charge in [-0.05, 0) is 30.7 Å². The summed E-state index contributed by atoms with van der Waals surface area (Å²) < 4.78 is 31.7. The van der Waals surface area contributed by atoms with Gasteiger partial charge in [-0.2, -0.15) is 8.42 Å². The maximum Gasteiger partial charge on any atom is 0.298 e. The van der Waals surface area contributed by atoms with Gasteiger partial charge in [0.25, 0.3) is 16.0 Å². The first-order chi connectivity index (χ1) is 9.74. The number of carbonyl (C=O) groups excluding carboxylic acids is 1. The zero-order valence-electron chi connectivity index (χ0n) is 10.8. The van der Waals surface area contributed by atoms with Gasteiger partial charge < -0.3 is 5.11 Å². The maximum absolute atomic E-state index is 12.0. The number of nitrogens with zero attached hydrogens (tertiary/aromatic N) is 1. The van der Waals surface area contributed by atoms with E-state index in [9.17, 15) is 18.3 Å². The molecular weight excluding hydrogens is 334 g/mol. The monoisotopic (exact) mass is 345 g/mol. The molecular formula is C12H11NO5S3. The normalized spacial score (nSPS) is 17.8. The fourth-order valence-corrected chi connectivity index (χ4v) is 3.75. The Hall–Kier alpha value is -1.42. The van der Waals surface area contributed by atoms with Crippen molar-refractivity contribution in [2.75, 3.05) is 6.54 Å². The molecule has 1 aliphatic heterocycles. The molecule has 112 valence electrons. The SMILES string of the molecule is CCN1C(=O)/C(=C/c2ccc(O)c(S(=O)(=O)O)c2)SC1=S. The summed E-state index contributed by atoms with van der Waals surface area (Å²) in [5.41, 5.74) is 0.358. The highest BCUT2D eigenvalue weighted by molar-refractivity contribution is 8.26. The van der Waals surface area contributed by atoms with Crippen LogP contribution in [0.1, 0.15) is 12.5 Å². The highest BCUT2D eigenvalue weighted by Gasteiger charge is 2.30. The molecule has 0 radical (unpaired) electrons. The Kier molecular flexibility index (Phi) is 4.38. The number of amides is 1. The molecule has 2 N–H and O–H groups in total. The Bertz CT molecular complexity index is 754. The summed E-state index contributed by atoms with van der Waals surface area (Å²) in [5.74, 6) is -0.815. The number of hydrogen-bond acceptors (Lipinski definition) is 6. The first-order valence-electron chi connectivity index (χ1n) is 5.80. The summed E-state index contributed by atoms with van der Waals surface area (Å²) >= 11 is 6.18. The van der Waals surface area contributed by atoms with Crippen LogP contribution in [0.25, 0.3) is 6.08 Å². The van der Waals surface area contributed by atoms with E-state index >= 15 is 0 Å². The Morgan fingerprint density at radius 1 is 1.43 bits per heavy atom. The molecule has 9 heteroatoms. The molecule has 0 spiro atoms. The summed E-state index contributed by atoms with van der Waals surface area (Å²) in [4.78, 5) is 13.2. The van der Waals surface area contributed by atoms with Crippen LogP contribution in [0.15, 0.2) is 28.0 Å². The summed E-state index contributed by atoms with van der Waals surface area (Å²) in [5, 5.41) is 9.44. The number of rotatable bonds is 3. The molecule has 1 amide bonds. The van der Waals surface area contributed by atoms with Crippen LogP contribution in [0, 0.1) is 0 Å². The third-order valence-corrected chi connectivity index (χ3v) is 5.01. The number of aromatic hydroxyl groups is 1. The molecule has 1 heterocycles. The number of thioether (sulfide) groups is 1. The van der Waals surface area contributed by atoms with Crippen LogP contribution < -0.4 is 0 Å². The largest absolute Gasteiger partial charge is 0.506 e. The highest BCUT2D eigenvalue weighted by Crippen LogP contribution is 2.33. The van der Waals surface area contributed by atoms with Gasteiger partial charge in [0, 0.05) is 6.54 Å². The summed E-state index contributed by atoms with van der Waals surface area (Å²) in [7, 11) is -4.54. The molecule has 1 saturated heterocycles. The molecule has 1 aromatic carbocycles. The average Bonchev–Trinajstić information content (AvgIpc) is 2.65. The van der Waals surface area contributed by atoms with Crippen molar-refractivity contribution in [3.8, 4) is 5.75 Å². The van der Waals surface area contributed by atoms with Crippen LogP contribution in [0.3, 0.4) is 0 Å². The molecule has 2 rings (SSSR count). The predicted molar refractivity (Wildman–Crippen MR) is 83.5 cm³/mol. The second kappa shape index (κ2) is 5.76. The van der Waals surface area contributed by atoms with E-state index in [0.29, 0.717) is 21.3 Å². The summed E-state index contributed by atoms with van der Waals surface area (Å²) in [6.07, 6.45) is 1.46. The first kappa shape index (κ1) is 16.0. The number of phenols is 1. The molecule has 0 saturated carbocycles. The van der Waals surface area contributed by atoms with E-state index in [1.165, 1.54) is 17.0 Å². The topological polar surface area (TPSA) is 94.9 Å². The zero-order chi connectivity index (χ0) is 15.8. The van der Waals surface area contributed by atoms with E-state index in [4.69, 9.17) is 16.8 Å². The van der Waals surface area contributed by atoms with Crippen LogP contribution >= 0.6 is 24.0 Å². The van der Waals surface area contributed by atoms with Crippen molar-refractivity contribution in [3.05, 3.63) is 28.7 Å². The van der Waals surface area contributed by atoms with Crippen molar-refractivity contribution in [2.24, 2.45) is 0 Å². The van der Waals surface area contributed by atoms with Crippen LogP contribution in [0.4, 0.5) is 0 Å². The van der Waals surface area contributed by atoms with Gasteiger partial charge in [-0.15, -0.1) is 0 Å². The smallest absolute Gasteiger partial charge is 0.298 e. The minimum Gasteiger partial charge on any atom is -0.506 e. The van der Waals surface area contributed by atoms with Gasteiger partial charge in [0.2, 0.25) is 0 Å². The Labute approximate surface area is 131 Å². The molecule has 0 aliphatic carbocycles. The van der Waals surface area contributed by atoms with Gasteiger partial charge in [-0.25, -0.2) is 0 Å². The number of hydrogen-bond donors (Lipinski definition) is 2. The molecule has 21 heavy (non-hydrogen) atoms. The van der Waals surface area contributed by atoms with E-state index in [1.807, 2.05) is 0 Å². The molecule has 1 aliphatic rings. The van der Waals surface area contributed by atoms with Gasteiger partial charge in [0.05, 0.1) is 4.91 Å². The van der Waals surface area contributed by atoms with Crippen molar-refractivity contribution in [3.63, 3.8) is 0 Å². The van der Waals surface area contributed by atoms with Gasteiger partial charge >= 0.3 is 0 Å². The molecule has 0 aromatic heterocycles. The van der Waals surface area contributed by atoms with Crippen molar-refractivity contribution < 1.29 is 22.9 Å². The Morgan fingerprint density at radius 2 is 2.10 bits per heavy atom. The molecule has 6 nitrogen and oxygen atoms in total. The highest BCUT2D eigenvalue weighted by atomic mass is 32.2. The summed E-state index contributed by atoms with van der Waals surface area (Å²) in [6, 6.07) is 3.65. The quantitative estimate of drug-likeness (QED) is 0.490.